The summed E-state index contributed by atoms with van der Waals surface area (Å²) >= 11 is 4.87. The fraction of sp³-hybridized carbons (Fsp3) is 0.194. The van der Waals surface area contributed by atoms with Crippen molar-refractivity contribution in [2.24, 2.45) is 0 Å². The summed E-state index contributed by atoms with van der Waals surface area (Å²) in [5, 5.41) is 2.37. The van der Waals surface area contributed by atoms with Gasteiger partial charge in [0, 0.05) is 16.8 Å². The molecule has 0 aromatic heterocycles. The van der Waals surface area contributed by atoms with Crippen LogP contribution in [-0.4, -0.2) is 28.6 Å². The molecule has 0 aliphatic heterocycles. The number of carbonyl (C=O) groups excluding carboxylic acids is 1. The molecule has 37 heavy (non-hydrogen) atoms. The van der Waals surface area contributed by atoms with Gasteiger partial charge in [0.15, 0.2) is 5.60 Å². The monoisotopic (exact) mass is 577 g/mol. The Morgan fingerprint density at radius 3 is 1.70 bits per heavy atom. The molecular formula is C31H29BrFNO2S. The second-order valence-corrected chi connectivity index (χ2v) is 10.3. The van der Waals surface area contributed by atoms with Gasteiger partial charge in [0.05, 0.1) is 5.75 Å². The molecule has 190 valence electrons. The molecule has 3 nitrogen and oxygen atoms in total. The second kappa shape index (κ2) is 13.6. The van der Waals surface area contributed by atoms with E-state index in [2.05, 4.69) is 15.9 Å². The lowest BCUT2D eigenvalue weighted by molar-refractivity contribution is -0.220. The first kappa shape index (κ1) is 27.1. The van der Waals surface area contributed by atoms with Crippen LogP contribution in [0, 0.1) is 5.82 Å². The minimum atomic E-state index is -1.03. The number of hydroxylamine groups is 2. The summed E-state index contributed by atoms with van der Waals surface area (Å²) in [7, 11) is 0. The molecule has 1 amide bonds. The van der Waals surface area contributed by atoms with E-state index in [1.807, 2.05) is 91.0 Å². The van der Waals surface area contributed by atoms with Gasteiger partial charge in [-0.3, -0.25) is 4.79 Å². The van der Waals surface area contributed by atoms with E-state index in [4.69, 9.17) is 4.84 Å². The van der Waals surface area contributed by atoms with Crippen LogP contribution in [0.1, 0.15) is 29.5 Å². The third-order valence-electron chi connectivity index (χ3n) is 5.99. The number of unbranched alkanes of at least 4 members (excludes halogenated alkanes) is 1. The fourth-order valence-corrected chi connectivity index (χ4v) is 5.32. The molecule has 0 saturated carbocycles. The zero-order valence-corrected chi connectivity index (χ0v) is 22.8. The molecule has 6 heteroatoms. The minimum Gasteiger partial charge on any atom is -0.272 e. The lowest BCUT2D eigenvalue weighted by Crippen LogP contribution is -2.44. The van der Waals surface area contributed by atoms with E-state index < -0.39 is 5.60 Å². The van der Waals surface area contributed by atoms with Gasteiger partial charge in [-0.05, 0) is 53.8 Å². The number of nitrogens with zero attached hydrogens (tertiary/aromatic N) is 1. The molecule has 0 heterocycles. The number of halogens is 2. The molecule has 0 aliphatic carbocycles. The SMILES string of the molecule is O=C(CSc1ccc(F)cc1)N(CCCCBr)OC(c1ccccc1)(c1ccccc1)c1ccccc1. The van der Waals surface area contributed by atoms with E-state index in [0.717, 1.165) is 39.8 Å². The Labute approximate surface area is 230 Å². The number of rotatable bonds is 12. The first-order chi connectivity index (χ1) is 18.1. The summed E-state index contributed by atoms with van der Waals surface area (Å²) in [5.41, 5.74) is 1.75. The summed E-state index contributed by atoms with van der Waals surface area (Å²) in [4.78, 5) is 21.4. The highest BCUT2D eigenvalue weighted by Crippen LogP contribution is 2.41. The molecule has 4 rings (SSSR count). The molecule has 4 aromatic rings. The van der Waals surface area contributed by atoms with Crippen molar-refractivity contribution in [2.45, 2.75) is 23.3 Å². The van der Waals surface area contributed by atoms with Crippen molar-refractivity contribution < 1.29 is 14.0 Å². The van der Waals surface area contributed by atoms with Crippen LogP contribution in [0.25, 0.3) is 0 Å². The Bertz CT molecular complexity index is 1140. The molecule has 0 spiro atoms. The number of alkyl halides is 1. The molecule has 0 N–H and O–H groups in total. The van der Waals surface area contributed by atoms with Crippen molar-refractivity contribution in [1.29, 1.82) is 0 Å². The highest BCUT2D eigenvalue weighted by molar-refractivity contribution is 9.09. The molecule has 0 aliphatic rings. The van der Waals surface area contributed by atoms with E-state index >= 15 is 0 Å². The van der Waals surface area contributed by atoms with Gasteiger partial charge in [0.25, 0.3) is 5.91 Å². The van der Waals surface area contributed by atoms with Gasteiger partial charge in [-0.1, -0.05) is 107 Å². The molecule has 0 bridgehead atoms. The number of benzene rings is 4. The van der Waals surface area contributed by atoms with Crippen molar-refractivity contribution in [3.05, 3.63) is 138 Å². The van der Waals surface area contributed by atoms with E-state index in [9.17, 15) is 9.18 Å². The van der Waals surface area contributed by atoms with Crippen molar-refractivity contribution in [1.82, 2.24) is 5.06 Å². The van der Waals surface area contributed by atoms with E-state index in [1.165, 1.54) is 29.0 Å². The lowest BCUT2D eigenvalue weighted by Gasteiger charge is -2.39. The molecule has 4 aromatic carbocycles. The van der Waals surface area contributed by atoms with E-state index in [1.54, 1.807) is 12.1 Å². The van der Waals surface area contributed by atoms with Gasteiger partial charge in [-0.2, -0.15) is 0 Å². The standard InChI is InChI=1S/C31H29BrFNO2S/c32-22-10-11-23-34(30(35)24-37-29-20-18-28(33)19-21-29)36-31(25-12-4-1-5-13-25,26-14-6-2-7-15-26)27-16-8-3-9-17-27/h1-9,12-21H,10-11,22-24H2. The van der Waals surface area contributed by atoms with Crippen LogP contribution in [0.3, 0.4) is 0 Å². The number of hydrogen-bond donors (Lipinski definition) is 0. The van der Waals surface area contributed by atoms with Crippen LogP contribution >= 0.6 is 27.7 Å². The summed E-state index contributed by atoms with van der Waals surface area (Å²) in [6, 6.07) is 36.2. The number of amides is 1. The van der Waals surface area contributed by atoms with Crippen molar-refractivity contribution in [3.63, 3.8) is 0 Å². The quantitative estimate of drug-likeness (QED) is 0.0564. The lowest BCUT2D eigenvalue weighted by atomic mass is 9.80. The van der Waals surface area contributed by atoms with Gasteiger partial charge in [-0.25, -0.2) is 14.3 Å². The number of hydrogen-bond acceptors (Lipinski definition) is 3. The molecule has 0 unspecified atom stereocenters. The van der Waals surface area contributed by atoms with Crippen molar-refractivity contribution in [2.75, 3.05) is 17.6 Å². The Morgan fingerprint density at radius 2 is 1.24 bits per heavy atom. The Balaban J connectivity index is 1.74. The van der Waals surface area contributed by atoms with E-state index in [-0.39, 0.29) is 17.5 Å². The average Bonchev–Trinajstić information content (AvgIpc) is 2.96. The summed E-state index contributed by atoms with van der Waals surface area (Å²) in [5.74, 6) is -0.265. The molecule has 0 atom stereocenters. The van der Waals surface area contributed by atoms with Crippen LogP contribution in [0.5, 0.6) is 0 Å². The smallest absolute Gasteiger partial charge is 0.256 e. The zero-order chi connectivity index (χ0) is 25.9. The van der Waals surface area contributed by atoms with Gasteiger partial charge in [0.1, 0.15) is 5.82 Å². The van der Waals surface area contributed by atoms with Crippen LogP contribution in [0.4, 0.5) is 4.39 Å². The van der Waals surface area contributed by atoms with Gasteiger partial charge >= 0.3 is 0 Å². The fourth-order valence-electron chi connectivity index (χ4n) is 4.16. The predicted molar refractivity (Wildman–Crippen MR) is 152 cm³/mol. The minimum absolute atomic E-state index is 0.143. The topological polar surface area (TPSA) is 29.5 Å². The maximum absolute atomic E-state index is 13.6. The molecule has 0 radical (unpaired) electrons. The number of carbonyl (C=O) groups is 1. The Kier molecular flexibility index (Phi) is 9.94. The summed E-state index contributed by atoms with van der Waals surface area (Å²) < 4.78 is 13.3. The van der Waals surface area contributed by atoms with Crippen LogP contribution in [0.2, 0.25) is 0 Å². The van der Waals surface area contributed by atoms with Gasteiger partial charge < -0.3 is 0 Å². The second-order valence-electron chi connectivity index (χ2n) is 8.51. The van der Waals surface area contributed by atoms with E-state index in [0.29, 0.717) is 6.54 Å². The average molecular weight is 579 g/mol. The van der Waals surface area contributed by atoms with Gasteiger partial charge in [-0.15, -0.1) is 11.8 Å². The van der Waals surface area contributed by atoms with Crippen molar-refractivity contribution >= 4 is 33.6 Å². The molecular weight excluding hydrogens is 549 g/mol. The predicted octanol–water partition coefficient (Wildman–Crippen LogP) is 7.85. The molecule has 0 saturated heterocycles. The maximum Gasteiger partial charge on any atom is 0.256 e. The Hall–Kier alpha value is -2.93. The third-order valence-corrected chi connectivity index (χ3v) is 7.54. The highest BCUT2D eigenvalue weighted by Gasteiger charge is 2.41. The maximum atomic E-state index is 13.6. The molecule has 0 fully saturated rings. The number of thioether (sulfide) groups is 1. The van der Waals surface area contributed by atoms with Gasteiger partial charge in [0.2, 0.25) is 0 Å². The third kappa shape index (κ3) is 6.89. The van der Waals surface area contributed by atoms with Crippen molar-refractivity contribution in [3.8, 4) is 0 Å². The van der Waals surface area contributed by atoms with Crippen LogP contribution < -0.4 is 0 Å². The zero-order valence-electron chi connectivity index (χ0n) is 20.4. The first-order valence-electron chi connectivity index (χ1n) is 12.2. The van der Waals surface area contributed by atoms with Crippen LogP contribution in [0.15, 0.2) is 120 Å². The first-order valence-corrected chi connectivity index (χ1v) is 14.3. The Morgan fingerprint density at radius 1 is 0.757 bits per heavy atom. The normalized spacial score (nSPS) is 11.3. The largest absolute Gasteiger partial charge is 0.272 e. The highest BCUT2D eigenvalue weighted by atomic mass is 79.9. The summed E-state index contributed by atoms with van der Waals surface area (Å²) in [6.07, 6.45) is 1.69. The summed E-state index contributed by atoms with van der Waals surface area (Å²) in [6.45, 7) is 0.447. The van der Waals surface area contributed by atoms with Crippen LogP contribution in [-0.2, 0) is 15.2 Å².